The zero-order valence-electron chi connectivity index (χ0n) is 14.8. The van der Waals surface area contributed by atoms with E-state index in [0.717, 1.165) is 0 Å². The maximum Gasteiger partial charge on any atom is 0.348 e. The zero-order valence-corrected chi connectivity index (χ0v) is 14.8. The van der Waals surface area contributed by atoms with Crippen molar-refractivity contribution in [3.8, 4) is 11.5 Å². The quantitative estimate of drug-likeness (QED) is 0.323. The molecule has 0 atom stereocenters. The molecule has 2 rings (SSSR count). The van der Waals surface area contributed by atoms with E-state index in [0.29, 0.717) is 36.9 Å². The number of methoxy groups -OCH3 is 1. The van der Waals surface area contributed by atoms with Crippen molar-refractivity contribution in [3.63, 3.8) is 0 Å². The molecule has 1 aliphatic heterocycles. The Bertz CT molecular complexity index is 654. The third-order valence-corrected chi connectivity index (χ3v) is 3.32. The van der Waals surface area contributed by atoms with E-state index >= 15 is 0 Å². The van der Waals surface area contributed by atoms with Gasteiger partial charge in [0.25, 0.3) is 5.79 Å². The van der Waals surface area contributed by atoms with Gasteiger partial charge in [0.1, 0.15) is 12.2 Å². The summed E-state index contributed by atoms with van der Waals surface area (Å²) in [6.07, 6.45) is 1.37. The smallest absolute Gasteiger partial charge is 0.348 e. The van der Waals surface area contributed by atoms with Gasteiger partial charge in [-0.3, -0.25) is 0 Å². The first-order chi connectivity index (χ1) is 11.9. The molecule has 1 heterocycles. The lowest BCUT2D eigenvalue weighted by atomic mass is 10.1. The number of carbonyl (C=O) groups is 2. The molecule has 0 radical (unpaired) electrons. The van der Waals surface area contributed by atoms with Gasteiger partial charge in [-0.1, -0.05) is 12.1 Å². The van der Waals surface area contributed by atoms with Crippen molar-refractivity contribution < 1.29 is 33.3 Å². The monoisotopic (exact) mass is 350 g/mol. The van der Waals surface area contributed by atoms with Gasteiger partial charge in [-0.05, 0) is 19.1 Å². The van der Waals surface area contributed by atoms with E-state index in [9.17, 15) is 9.59 Å². The van der Waals surface area contributed by atoms with Crippen LogP contribution in [0.1, 0.15) is 26.3 Å². The van der Waals surface area contributed by atoms with Crippen molar-refractivity contribution in [3.05, 3.63) is 29.3 Å². The van der Waals surface area contributed by atoms with Crippen LogP contribution in [0.15, 0.2) is 23.8 Å². The number of hydrogen-bond donors (Lipinski definition) is 0. The largest absolute Gasteiger partial charge is 0.493 e. The molecule has 1 fully saturated rings. The highest BCUT2D eigenvalue weighted by Gasteiger charge is 2.39. The number of rotatable bonds is 7. The molecular weight excluding hydrogens is 328 g/mol. The summed E-state index contributed by atoms with van der Waals surface area (Å²) in [7, 11) is 1.51. The summed E-state index contributed by atoms with van der Waals surface area (Å²) in [5, 5.41) is 0. The molecule has 136 valence electrons. The first-order valence-corrected chi connectivity index (χ1v) is 7.94. The van der Waals surface area contributed by atoms with E-state index in [-0.39, 0.29) is 5.57 Å². The van der Waals surface area contributed by atoms with Crippen LogP contribution in [-0.2, 0) is 23.8 Å². The number of hydrogen-bond acceptors (Lipinski definition) is 7. The summed E-state index contributed by atoms with van der Waals surface area (Å²) in [5.74, 6) is -1.89. The summed E-state index contributed by atoms with van der Waals surface area (Å²) in [6, 6.07) is 5.15. The third kappa shape index (κ3) is 4.73. The Kier molecular flexibility index (Phi) is 6.03. The van der Waals surface area contributed by atoms with Crippen molar-refractivity contribution in [1.29, 1.82) is 0 Å². The fourth-order valence-corrected chi connectivity index (χ4v) is 2.24. The molecule has 0 N–H and O–H groups in total. The molecule has 0 aliphatic carbocycles. The van der Waals surface area contributed by atoms with Gasteiger partial charge in [0.15, 0.2) is 11.5 Å². The second-order valence-electron chi connectivity index (χ2n) is 5.66. The molecule has 1 aliphatic rings. The van der Waals surface area contributed by atoms with Crippen LogP contribution >= 0.6 is 0 Å². The molecular formula is C18H22O7. The lowest BCUT2D eigenvalue weighted by molar-refractivity contribution is -0.222. The fourth-order valence-electron chi connectivity index (χ4n) is 2.24. The predicted octanol–water partition coefficient (Wildman–Crippen LogP) is 2.33. The average Bonchev–Trinajstić information content (AvgIpc) is 2.54. The molecule has 7 heteroatoms. The van der Waals surface area contributed by atoms with Crippen LogP contribution in [0.3, 0.4) is 0 Å². The lowest BCUT2D eigenvalue weighted by Crippen LogP contribution is -2.41. The van der Waals surface area contributed by atoms with Crippen LogP contribution in [0, 0.1) is 0 Å². The van der Waals surface area contributed by atoms with Crippen molar-refractivity contribution in [1.82, 2.24) is 0 Å². The second kappa shape index (κ2) is 8.02. The first-order valence-electron chi connectivity index (χ1n) is 7.94. The number of esters is 2. The van der Waals surface area contributed by atoms with E-state index < -0.39 is 17.7 Å². The Balaban J connectivity index is 2.31. The Labute approximate surface area is 146 Å². The number of ether oxygens (including phenoxy) is 5. The summed E-state index contributed by atoms with van der Waals surface area (Å²) in [5.41, 5.74) is 0.293. The molecule has 0 saturated carbocycles. The topological polar surface area (TPSA) is 80.3 Å². The van der Waals surface area contributed by atoms with Gasteiger partial charge < -0.3 is 23.7 Å². The molecule has 1 aromatic carbocycles. The standard InChI is InChI=1S/C18H22O7/c1-5-22-9-10-23-15-12(7-6-8-14(15)21-4)11-13-16(19)24-18(2,3)25-17(13)20/h6-8,11H,5,9-10H2,1-4H3. The number of para-hydroxylation sites is 1. The molecule has 0 bridgehead atoms. The summed E-state index contributed by atoms with van der Waals surface area (Å²) < 4.78 is 26.4. The number of carbonyl (C=O) groups excluding carboxylic acids is 2. The van der Waals surface area contributed by atoms with Gasteiger partial charge in [-0.15, -0.1) is 0 Å². The Morgan fingerprint density at radius 1 is 1.12 bits per heavy atom. The summed E-state index contributed by atoms with van der Waals surface area (Å²) >= 11 is 0. The Morgan fingerprint density at radius 3 is 2.40 bits per heavy atom. The molecule has 25 heavy (non-hydrogen) atoms. The van der Waals surface area contributed by atoms with E-state index in [1.54, 1.807) is 18.2 Å². The van der Waals surface area contributed by atoms with E-state index in [2.05, 4.69) is 0 Å². The molecule has 1 aromatic rings. The van der Waals surface area contributed by atoms with E-state index in [4.69, 9.17) is 23.7 Å². The van der Waals surface area contributed by atoms with Crippen LogP contribution in [0.2, 0.25) is 0 Å². The number of benzene rings is 1. The SMILES string of the molecule is CCOCCOc1c(C=C2C(=O)OC(C)(C)OC2=O)cccc1OC. The van der Waals surface area contributed by atoms with Crippen molar-refractivity contribution in [2.45, 2.75) is 26.6 Å². The van der Waals surface area contributed by atoms with Crippen LogP contribution in [0.4, 0.5) is 0 Å². The van der Waals surface area contributed by atoms with Crippen molar-refractivity contribution in [2.24, 2.45) is 0 Å². The predicted molar refractivity (Wildman–Crippen MR) is 89.2 cm³/mol. The minimum Gasteiger partial charge on any atom is -0.493 e. The first kappa shape index (κ1) is 18.8. The van der Waals surface area contributed by atoms with Crippen LogP contribution < -0.4 is 9.47 Å². The molecule has 1 saturated heterocycles. The fraction of sp³-hybridized carbons (Fsp3) is 0.444. The average molecular weight is 350 g/mol. The molecule has 0 aromatic heterocycles. The maximum absolute atomic E-state index is 12.1. The molecule has 0 amide bonds. The van der Waals surface area contributed by atoms with Gasteiger partial charge in [-0.2, -0.15) is 0 Å². The molecule has 0 spiro atoms. The normalized spacial score (nSPS) is 16.1. The van der Waals surface area contributed by atoms with E-state index in [1.165, 1.54) is 27.0 Å². The Morgan fingerprint density at radius 2 is 1.80 bits per heavy atom. The minimum atomic E-state index is -1.28. The highest BCUT2D eigenvalue weighted by atomic mass is 16.7. The number of cyclic esters (lactones) is 2. The van der Waals surface area contributed by atoms with Gasteiger partial charge in [0.05, 0.1) is 13.7 Å². The van der Waals surface area contributed by atoms with Crippen LogP contribution in [-0.4, -0.2) is 44.7 Å². The van der Waals surface area contributed by atoms with Crippen molar-refractivity contribution >= 4 is 18.0 Å². The van der Waals surface area contributed by atoms with Gasteiger partial charge in [0, 0.05) is 26.0 Å². The Hall–Kier alpha value is -2.54. The lowest BCUT2D eigenvalue weighted by Gasteiger charge is -2.29. The van der Waals surface area contributed by atoms with Gasteiger partial charge in [0.2, 0.25) is 0 Å². The van der Waals surface area contributed by atoms with Crippen molar-refractivity contribution in [2.75, 3.05) is 26.9 Å². The minimum absolute atomic E-state index is 0.206. The highest BCUT2D eigenvalue weighted by Crippen LogP contribution is 2.34. The van der Waals surface area contributed by atoms with Crippen LogP contribution in [0.25, 0.3) is 6.08 Å². The third-order valence-electron chi connectivity index (χ3n) is 3.32. The van der Waals surface area contributed by atoms with Gasteiger partial charge in [-0.25, -0.2) is 9.59 Å². The van der Waals surface area contributed by atoms with E-state index in [1.807, 2.05) is 6.92 Å². The van der Waals surface area contributed by atoms with Crippen LogP contribution in [0.5, 0.6) is 11.5 Å². The molecule has 0 unspecified atom stereocenters. The molecule has 7 nitrogen and oxygen atoms in total. The second-order valence-corrected chi connectivity index (χ2v) is 5.66. The highest BCUT2D eigenvalue weighted by molar-refractivity contribution is 6.19. The summed E-state index contributed by atoms with van der Waals surface area (Å²) in [4.78, 5) is 24.2. The zero-order chi connectivity index (χ0) is 18.4. The summed E-state index contributed by atoms with van der Waals surface area (Å²) in [6.45, 7) is 6.16. The maximum atomic E-state index is 12.1. The van der Waals surface area contributed by atoms with Gasteiger partial charge >= 0.3 is 11.9 Å².